The lowest BCUT2D eigenvalue weighted by Gasteiger charge is -2.24. The lowest BCUT2D eigenvalue weighted by atomic mass is 10.3. The van der Waals surface area contributed by atoms with Crippen LogP contribution in [0, 0.1) is 0 Å². The minimum Gasteiger partial charge on any atom is -0.392 e. The summed E-state index contributed by atoms with van der Waals surface area (Å²) in [5, 5.41) is 12.3. The zero-order chi connectivity index (χ0) is 9.84. The quantitative estimate of drug-likeness (QED) is 0.632. The molecule has 78 valence electrons. The minimum absolute atomic E-state index is 0.238. The van der Waals surface area contributed by atoms with Crippen molar-refractivity contribution in [1.29, 1.82) is 0 Å². The Balaban J connectivity index is 2.05. The number of likely N-dealkylation sites (N-methyl/N-ethyl adjacent to an activating group) is 1. The summed E-state index contributed by atoms with van der Waals surface area (Å²) < 4.78 is 0. The van der Waals surface area contributed by atoms with Gasteiger partial charge in [-0.3, -0.25) is 4.90 Å². The van der Waals surface area contributed by atoms with E-state index >= 15 is 0 Å². The molecule has 1 rings (SSSR count). The number of nitrogens with zero attached hydrogens (tertiary/aromatic N) is 1. The minimum atomic E-state index is -0.238. The van der Waals surface area contributed by atoms with Crippen LogP contribution in [0.3, 0.4) is 0 Å². The van der Waals surface area contributed by atoms with Crippen LogP contribution in [0.4, 0.5) is 0 Å². The highest BCUT2D eigenvalue weighted by Gasteiger charge is 2.28. The van der Waals surface area contributed by atoms with E-state index in [-0.39, 0.29) is 6.10 Å². The molecule has 0 aromatic rings. The van der Waals surface area contributed by atoms with Crippen LogP contribution in [0.15, 0.2) is 0 Å². The maximum absolute atomic E-state index is 9.05. The van der Waals surface area contributed by atoms with Crippen molar-refractivity contribution in [2.75, 3.05) is 20.1 Å². The fourth-order valence-corrected chi connectivity index (χ4v) is 1.49. The van der Waals surface area contributed by atoms with Gasteiger partial charge in [-0.1, -0.05) is 0 Å². The molecule has 2 N–H and O–H groups in total. The van der Waals surface area contributed by atoms with Gasteiger partial charge < -0.3 is 10.4 Å². The third kappa shape index (κ3) is 4.07. The van der Waals surface area contributed by atoms with Gasteiger partial charge in [-0.15, -0.1) is 0 Å². The summed E-state index contributed by atoms with van der Waals surface area (Å²) in [5.41, 5.74) is 0. The highest BCUT2D eigenvalue weighted by molar-refractivity contribution is 4.85. The molecular formula is C10H22N2O. The van der Waals surface area contributed by atoms with Gasteiger partial charge in [0, 0.05) is 25.2 Å². The van der Waals surface area contributed by atoms with Gasteiger partial charge in [0.25, 0.3) is 0 Å². The second-order valence-corrected chi connectivity index (χ2v) is 4.25. The van der Waals surface area contributed by atoms with E-state index in [1.54, 1.807) is 0 Å². The van der Waals surface area contributed by atoms with E-state index in [1.165, 1.54) is 12.8 Å². The largest absolute Gasteiger partial charge is 0.392 e. The van der Waals surface area contributed by atoms with Gasteiger partial charge in [-0.2, -0.15) is 0 Å². The van der Waals surface area contributed by atoms with Gasteiger partial charge in [0.15, 0.2) is 0 Å². The molecule has 0 spiro atoms. The van der Waals surface area contributed by atoms with E-state index in [9.17, 15) is 0 Å². The molecule has 1 aliphatic rings. The van der Waals surface area contributed by atoms with Crippen LogP contribution in [0.1, 0.15) is 26.7 Å². The molecule has 0 saturated heterocycles. The summed E-state index contributed by atoms with van der Waals surface area (Å²) in [5.74, 6) is 0. The molecular weight excluding hydrogens is 164 g/mol. The van der Waals surface area contributed by atoms with Crippen molar-refractivity contribution >= 4 is 0 Å². The van der Waals surface area contributed by atoms with Crippen molar-refractivity contribution < 1.29 is 5.11 Å². The zero-order valence-corrected chi connectivity index (χ0v) is 8.95. The van der Waals surface area contributed by atoms with E-state index in [2.05, 4.69) is 24.2 Å². The Morgan fingerprint density at radius 2 is 2.00 bits per heavy atom. The molecule has 0 radical (unpaired) electrons. The average Bonchev–Trinajstić information content (AvgIpc) is 2.84. The molecule has 1 fully saturated rings. The van der Waals surface area contributed by atoms with E-state index < -0.39 is 0 Å². The Morgan fingerprint density at radius 3 is 2.46 bits per heavy atom. The lowest BCUT2D eigenvalue weighted by Crippen LogP contribution is -2.40. The van der Waals surface area contributed by atoms with Crippen molar-refractivity contribution in [1.82, 2.24) is 10.2 Å². The first-order valence-electron chi connectivity index (χ1n) is 5.22. The molecule has 3 nitrogen and oxygen atoms in total. The van der Waals surface area contributed by atoms with Crippen molar-refractivity contribution in [3.05, 3.63) is 0 Å². The first-order chi connectivity index (χ1) is 6.11. The molecule has 0 amide bonds. The summed E-state index contributed by atoms with van der Waals surface area (Å²) in [6.07, 6.45) is 2.48. The van der Waals surface area contributed by atoms with Gasteiger partial charge in [0.1, 0.15) is 0 Å². The first kappa shape index (κ1) is 11.0. The average molecular weight is 186 g/mol. The van der Waals surface area contributed by atoms with Crippen molar-refractivity contribution in [2.45, 2.75) is 44.9 Å². The van der Waals surface area contributed by atoms with E-state index in [1.807, 2.05) is 6.92 Å². The van der Waals surface area contributed by atoms with Crippen LogP contribution in [-0.4, -0.2) is 48.3 Å². The van der Waals surface area contributed by atoms with Crippen LogP contribution in [-0.2, 0) is 0 Å². The second kappa shape index (κ2) is 4.94. The van der Waals surface area contributed by atoms with Crippen molar-refractivity contribution in [3.63, 3.8) is 0 Å². The van der Waals surface area contributed by atoms with Crippen LogP contribution in [0.5, 0.6) is 0 Å². The van der Waals surface area contributed by atoms with Crippen molar-refractivity contribution in [3.8, 4) is 0 Å². The van der Waals surface area contributed by atoms with E-state index in [4.69, 9.17) is 5.11 Å². The molecule has 2 unspecified atom stereocenters. The number of nitrogens with one attached hydrogen (secondary N) is 1. The predicted octanol–water partition coefficient (Wildman–Crippen LogP) is 0.440. The fraction of sp³-hybridized carbons (Fsp3) is 1.00. The molecule has 3 heteroatoms. The van der Waals surface area contributed by atoms with Gasteiger partial charge in [-0.05, 0) is 33.7 Å². The summed E-state index contributed by atoms with van der Waals surface area (Å²) in [6, 6.07) is 1.40. The smallest absolute Gasteiger partial charge is 0.0636 e. The van der Waals surface area contributed by atoms with Crippen LogP contribution >= 0.6 is 0 Å². The highest BCUT2D eigenvalue weighted by Crippen LogP contribution is 2.26. The maximum Gasteiger partial charge on any atom is 0.0636 e. The summed E-state index contributed by atoms with van der Waals surface area (Å²) in [7, 11) is 2.19. The Bertz CT molecular complexity index is 146. The Hall–Kier alpha value is -0.120. The number of hydrogen-bond acceptors (Lipinski definition) is 3. The lowest BCUT2D eigenvalue weighted by molar-refractivity contribution is 0.181. The molecule has 13 heavy (non-hydrogen) atoms. The molecule has 0 aromatic carbocycles. The normalized spacial score (nSPS) is 21.9. The SMILES string of the molecule is CC(O)CNCC(C)N(C)C1CC1. The molecule has 0 heterocycles. The molecule has 0 aliphatic heterocycles. The van der Waals surface area contributed by atoms with E-state index in [0.29, 0.717) is 12.6 Å². The molecule has 0 bridgehead atoms. The number of hydrogen-bond donors (Lipinski definition) is 2. The van der Waals surface area contributed by atoms with Gasteiger partial charge in [0.05, 0.1) is 6.10 Å². The van der Waals surface area contributed by atoms with Crippen LogP contribution in [0.2, 0.25) is 0 Å². The summed E-state index contributed by atoms with van der Waals surface area (Å²) in [4.78, 5) is 2.43. The van der Waals surface area contributed by atoms with Gasteiger partial charge in [-0.25, -0.2) is 0 Å². The monoisotopic (exact) mass is 186 g/mol. The second-order valence-electron chi connectivity index (χ2n) is 4.25. The Morgan fingerprint density at radius 1 is 1.38 bits per heavy atom. The number of aliphatic hydroxyl groups is 1. The number of aliphatic hydroxyl groups excluding tert-OH is 1. The molecule has 1 aliphatic carbocycles. The molecule has 1 saturated carbocycles. The van der Waals surface area contributed by atoms with Crippen LogP contribution in [0.25, 0.3) is 0 Å². The topological polar surface area (TPSA) is 35.5 Å². The third-order valence-electron chi connectivity index (χ3n) is 2.70. The Kier molecular flexibility index (Phi) is 4.16. The van der Waals surface area contributed by atoms with E-state index in [0.717, 1.165) is 12.6 Å². The summed E-state index contributed by atoms with van der Waals surface area (Å²) in [6.45, 7) is 5.70. The van der Waals surface area contributed by atoms with Gasteiger partial charge in [0.2, 0.25) is 0 Å². The standard InChI is InChI=1S/C10H22N2O/c1-8(6-11-7-9(2)13)12(3)10-4-5-10/h8-11,13H,4-7H2,1-3H3. The predicted molar refractivity (Wildman–Crippen MR) is 54.8 cm³/mol. The third-order valence-corrected chi connectivity index (χ3v) is 2.70. The molecule has 0 aromatic heterocycles. The van der Waals surface area contributed by atoms with Gasteiger partial charge >= 0.3 is 0 Å². The van der Waals surface area contributed by atoms with Crippen molar-refractivity contribution in [2.24, 2.45) is 0 Å². The first-order valence-corrected chi connectivity index (χ1v) is 5.22. The summed E-state index contributed by atoms with van der Waals surface area (Å²) >= 11 is 0. The Labute approximate surface area is 81.1 Å². The fourth-order valence-electron chi connectivity index (χ4n) is 1.49. The maximum atomic E-state index is 9.05. The zero-order valence-electron chi connectivity index (χ0n) is 8.95. The van der Waals surface area contributed by atoms with Crippen LogP contribution < -0.4 is 5.32 Å². The molecule has 2 atom stereocenters. The highest BCUT2D eigenvalue weighted by atomic mass is 16.3. The number of rotatable bonds is 6.